The van der Waals surface area contributed by atoms with Crippen LogP contribution >= 0.6 is 0 Å². The van der Waals surface area contributed by atoms with Crippen molar-refractivity contribution >= 4 is 23.1 Å². The number of ketones is 1. The Balaban J connectivity index is 1.66. The van der Waals surface area contributed by atoms with Crippen molar-refractivity contribution in [2.75, 3.05) is 11.1 Å². The highest BCUT2D eigenvalue weighted by Crippen LogP contribution is 2.18. The molecule has 5 N–H and O–H groups in total. The number of hydrogen-bond acceptors (Lipinski definition) is 6. The van der Waals surface area contributed by atoms with Crippen LogP contribution in [0.25, 0.3) is 0 Å². The summed E-state index contributed by atoms with van der Waals surface area (Å²) >= 11 is 0. The van der Waals surface area contributed by atoms with Crippen molar-refractivity contribution in [1.82, 2.24) is 4.98 Å². The summed E-state index contributed by atoms with van der Waals surface area (Å²) in [6.45, 7) is 2.01. The molecule has 0 radical (unpaired) electrons. The summed E-state index contributed by atoms with van der Waals surface area (Å²) in [5.41, 5.74) is 13.9. The van der Waals surface area contributed by atoms with Gasteiger partial charge in [-0.3, -0.25) is 9.59 Å². The predicted octanol–water partition coefficient (Wildman–Crippen LogP) is 3.54. The van der Waals surface area contributed by atoms with Crippen LogP contribution in [0.1, 0.15) is 58.1 Å². The molecule has 3 rings (SSSR count). The Morgan fingerprint density at radius 1 is 1.07 bits per heavy atom. The van der Waals surface area contributed by atoms with E-state index in [1.54, 1.807) is 48.5 Å². The van der Waals surface area contributed by atoms with E-state index >= 15 is 0 Å². The molecule has 28 heavy (non-hydrogen) atoms. The number of aromatic nitrogens is 1. The zero-order valence-corrected chi connectivity index (χ0v) is 15.5. The number of nitrogens with one attached hydrogen (secondary N) is 1. The Kier molecular flexibility index (Phi) is 5.86. The minimum atomic E-state index is -0.406. The lowest BCUT2D eigenvalue weighted by molar-refractivity contribution is 0.101. The summed E-state index contributed by atoms with van der Waals surface area (Å²) < 4.78 is 5.30. The van der Waals surface area contributed by atoms with E-state index in [1.165, 1.54) is 6.26 Å². The number of benzene rings is 2. The third kappa shape index (κ3) is 4.44. The molecule has 7 heteroatoms. The summed E-state index contributed by atoms with van der Waals surface area (Å²) in [7, 11) is 0. The first-order valence-corrected chi connectivity index (χ1v) is 9.00. The van der Waals surface area contributed by atoms with Crippen molar-refractivity contribution in [1.29, 1.82) is 0 Å². The molecule has 1 unspecified atom stereocenters. The minimum Gasteiger partial charge on any atom is -0.446 e. The van der Waals surface area contributed by atoms with Gasteiger partial charge in [0.2, 0.25) is 5.89 Å². The quantitative estimate of drug-likeness (QED) is 0.427. The van der Waals surface area contributed by atoms with Crippen LogP contribution in [-0.4, -0.2) is 16.7 Å². The summed E-state index contributed by atoms with van der Waals surface area (Å²) in [5, 5.41) is 2.73. The van der Waals surface area contributed by atoms with Gasteiger partial charge >= 0.3 is 0 Å². The number of anilines is 2. The van der Waals surface area contributed by atoms with Crippen LogP contribution in [0.2, 0.25) is 0 Å². The Morgan fingerprint density at radius 3 is 2.29 bits per heavy atom. The van der Waals surface area contributed by atoms with Crippen LogP contribution in [0.5, 0.6) is 0 Å². The van der Waals surface area contributed by atoms with Crippen molar-refractivity contribution in [3.8, 4) is 0 Å². The molecule has 1 atom stereocenters. The topological polar surface area (TPSA) is 124 Å². The number of hydrogen-bond donors (Lipinski definition) is 3. The second kappa shape index (κ2) is 8.49. The van der Waals surface area contributed by atoms with E-state index in [1.807, 2.05) is 6.92 Å². The average molecular weight is 378 g/mol. The third-order valence-corrected chi connectivity index (χ3v) is 4.25. The Morgan fingerprint density at radius 2 is 1.68 bits per heavy atom. The van der Waals surface area contributed by atoms with E-state index in [-0.39, 0.29) is 17.5 Å². The molecule has 0 aliphatic rings. The molecule has 0 spiro atoms. The Labute approximate surface area is 162 Å². The van der Waals surface area contributed by atoms with Crippen molar-refractivity contribution in [3.63, 3.8) is 0 Å². The highest BCUT2D eigenvalue weighted by atomic mass is 16.3. The molecule has 0 aliphatic carbocycles. The molecule has 2 aromatic carbocycles. The van der Waals surface area contributed by atoms with Crippen LogP contribution in [0, 0.1) is 0 Å². The molecule has 0 saturated heterocycles. The standard InChI is InChI=1S/C21H22N4O3/c1-2-3-17(23)21-25-18(12-28-21)20(27)24-16-10-6-14(7-11-16)19(26)13-4-8-15(22)9-5-13/h4-12,17H,2-3,22-23H2,1H3,(H,24,27). The van der Waals surface area contributed by atoms with Crippen LogP contribution < -0.4 is 16.8 Å². The van der Waals surface area contributed by atoms with Crippen LogP contribution in [-0.2, 0) is 0 Å². The highest BCUT2D eigenvalue weighted by molar-refractivity contribution is 6.09. The lowest BCUT2D eigenvalue weighted by Gasteiger charge is -2.06. The zero-order valence-electron chi connectivity index (χ0n) is 15.5. The highest BCUT2D eigenvalue weighted by Gasteiger charge is 2.17. The SMILES string of the molecule is CCCC(N)c1nc(C(=O)Nc2ccc(C(=O)c3ccc(N)cc3)cc2)co1. The van der Waals surface area contributed by atoms with Crippen molar-refractivity contribution in [2.45, 2.75) is 25.8 Å². The Bertz CT molecular complexity index is 962. The lowest BCUT2D eigenvalue weighted by Crippen LogP contribution is -2.14. The first-order valence-electron chi connectivity index (χ1n) is 9.00. The number of carbonyl (C=O) groups excluding carboxylic acids is 2. The molecule has 1 heterocycles. The number of amides is 1. The maximum atomic E-state index is 12.5. The largest absolute Gasteiger partial charge is 0.446 e. The fourth-order valence-corrected chi connectivity index (χ4v) is 2.70. The van der Waals surface area contributed by atoms with Gasteiger partial charge in [0.15, 0.2) is 11.5 Å². The van der Waals surface area contributed by atoms with Gasteiger partial charge in [0.05, 0.1) is 6.04 Å². The van der Waals surface area contributed by atoms with Gasteiger partial charge in [0, 0.05) is 22.5 Å². The van der Waals surface area contributed by atoms with Gasteiger partial charge in [-0.2, -0.15) is 0 Å². The first kappa shape index (κ1) is 19.3. The van der Waals surface area contributed by atoms with Gasteiger partial charge in [-0.05, 0) is 55.0 Å². The molecular weight excluding hydrogens is 356 g/mol. The van der Waals surface area contributed by atoms with Gasteiger partial charge in [0.1, 0.15) is 6.26 Å². The molecule has 1 aromatic heterocycles. The number of nitrogen functional groups attached to an aromatic ring is 1. The van der Waals surface area contributed by atoms with Crippen LogP contribution in [0.4, 0.5) is 11.4 Å². The lowest BCUT2D eigenvalue weighted by atomic mass is 10.0. The molecule has 0 bridgehead atoms. The van der Waals surface area contributed by atoms with Gasteiger partial charge < -0.3 is 21.2 Å². The normalized spacial score (nSPS) is 11.8. The molecule has 3 aromatic rings. The van der Waals surface area contributed by atoms with Crippen molar-refractivity contribution in [3.05, 3.63) is 77.5 Å². The van der Waals surface area contributed by atoms with Gasteiger partial charge in [-0.1, -0.05) is 13.3 Å². The molecule has 7 nitrogen and oxygen atoms in total. The zero-order chi connectivity index (χ0) is 20.1. The molecule has 1 amide bonds. The van der Waals surface area contributed by atoms with E-state index in [9.17, 15) is 9.59 Å². The van der Waals surface area contributed by atoms with E-state index in [2.05, 4.69) is 10.3 Å². The first-order chi connectivity index (χ1) is 13.5. The fourth-order valence-electron chi connectivity index (χ4n) is 2.70. The van der Waals surface area contributed by atoms with Crippen LogP contribution in [0.15, 0.2) is 59.2 Å². The summed E-state index contributed by atoms with van der Waals surface area (Å²) in [6, 6.07) is 13.0. The second-order valence-corrected chi connectivity index (χ2v) is 6.45. The number of nitrogens with zero attached hydrogens (tertiary/aromatic N) is 1. The number of nitrogens with two attached hydrogens (primary N) is 2. The van der Waals surface area contributed by atoms with Crippen molar-refractivity contribution in [2.24, 2.45) is 5.73 Å². The van der Waals surface area contributed by atoms with Crippen molar-refractivity contribution < 1.29 is 14.0 Å². The van der Waals surface area contributed by atoms with E-state index in [0.717, 1.165) is 12.8 Å². The molecule has 0 fully saturated rings. The monoisotopic (exact) mass is 378 g/mol. The minimum absolute atomic E-state index is 0.121. The fraction of sp³-hybridized carbons (Fsp3) is 0.190. The smallest absolute Gasteiger partial charge is 0.277 e. The van der Waals surface area contributed by atoms with E-state index < -0.39 is 5.91 Å². The molecule has 0 saturated carbocycles. The number of rotatable bonds is 7. The maximum Gasteiger partial charge on any atom is 0.277 e. The number of carbonyl (C=O) groups is 2. The average Bonchev–Trinajstić information content (AvgIpc) is 3.19. The molecular formula is C21H22N4O3. The predicted molar refractivity (Wildman–Crippen MR) is 107 cm³/mol. The van der Waals surface area contributed by atoms with Gasteiger partial charge in [-0.25, -0.2) is 4.98 Å². The number of oxazole rings is 1. The summed E-state index contributed by atoms with van der Waals surface area (Å²) in [4.78, 5) is 28.9. The van der Waals surface area contributed by atoms with Crippen LogP contribution in [0.3, 0.4) is 0 Å². The maximum absolute atomic E-state index is 12.5. The summed E-state index contributed by atoms with van der Waals surface area (Å²) in [6.07, 6.45) is 2.91. The third-order valence-electron chi connectivity index (χ3n) is 4.25. The van der Waals surface area contributed by atoms with E-state index in [0.29, 0.717) is 28.4 Å². The second-order valence-electron chi connectivity index (χ2n) is 6.45. The van der Waals surface area contributed by atoms with Gasteiger partial charge in [-0.15, -0.1) is 0 Å². The van der Waals surface area contributed by atoms with E-state index in [4.69, 9.17) is 15.9 Å². The molecule has 0 aliphatic heterocycles. The summed E-state index contributed by atoms with van der Waals surface area (Å²) in [5.74, 6) is -0.184. The van der Waals surface area contributed by atoms with Gasteiger partial charge in [0.25, 0.3) is 5.91 Å². The molecule has 144 valence electrons. The Hall–Kier alpha value is -3.45.